The molecule has 0 radical (unpaired) electrons. The molecule has 1 aromatic carbocycles. The fourth-order valence-electron chi connectivity index (χ4n) is 1.62. The highest BCUT2D eigenvalue weighted by molar-refractivity contribution is 7.81. The van der Waals surface area contributed by atoms with Crippen LogP contribution in [0.5, 0.6) is 0 Å². The maximum Gasteiger partial charge on any atom is 0.223 e. The first-order chi connectivity index (χ1) is 9.49. The molecule has 1 atom stereocenters. The van der Waals surface area contributed by atoms with Crippen LogP contribution in [0.1, 0.15) is 12.6 Å². The molecule has 0 bridgehead atoms. The van der Waals surface area contributed by atoms with Gasteiger partial charge in [0.05, 0.1) is 22.6 Å². The summed E-state index contributed by atoms with van der Waals surface area (Å²) in [5, 5.41) is 3.38. The van der Waals surface area contributed by atoms with Crippen LogP contribution in [-0.4, -0.2) is 19.7 Å². The van der Waals surface area contributed by atoms with Gasteiger partial charge in [0.2, 0.25) is 5.91 Å². The molecule has 1 N–H and O–H groups in total. The maximum atomic E-state index is 11.5. The highest BCUT2D eigenvalue weighted by Gasteiger charge is 2.18. The van der Waals surface area contributed by atoms with Crippen LogP contribution >= 0.6 is 11.3 Å². The lowest BCUT2D eigenvalue weighted by Crippen LogP contribution is -2.19. The number of anilines is 3. The van der Waals surface area contributed by atoms with Gasteiger partial charge in [0.25, 0.3) is 0 Å². The van der Waals surface area contributed by atoms with Crippen LogP contribution in [0.25, 0.3) is 0 Å². The maximum absolute atomic E-state index is 11.5. The second-order valence-corrected chi connectivity index (χ2v) is 5.71. The van der Waals surface area contributed by atoms with Gasteiger partial charge in [-0.15, -0.1) is 0 Å². The highest BCUT2D eigenvalue weighted by atomic mass is 32.2. The van der Waals surface area contributed by atoms with E-state index >= 15 is 0 Å². The van der Waals surface area contributed by atoms with Crippen molar-refractivity contribution in [3.05, 3.63) is 36.0 Å². The van der Waals surface area contributed by atoms with E-state index < -0.39 is 11.3 Å². The van der Waals surface area contributed by atoms with Crippen LogP contribution < -0.4 is 9.62 Å². The first-order valence-corrected chi connectivity index (χ1v) is 7.53. The molecule has 20 heavy (non-hydrogen) atoms. The highest BCUT2D eigenvalue weighted by Crippen LogP contribution is 2.36. The van der Waals surface area contributed by atoms with E-state index in [0.29, 0.717) is 21.5 Å². The number of carbonyl (C=O) groups is 1. The van der Waals surface area contributed by atoms with E-state index in [0.717, 1.165) is 15.6 Å². The van der Waals surface area contributed by atoms with Gasteiger partial charge in [-0.1, -0.05) is 29.5 Å². The zero-order valence-electron chi connectivity index (χ0n) is 10.8. The van der Waals surface area contributed by atoms with Crippen molar-refractivity contribution in [1.82, 2.24) is 4.98 Å². The summed E-state index contributed by atoms with van der Waals surface area (Å²) in [4.78, 5) is 15.2. The molecule has 1 amide bonds. The van der Waals surface area contributed by atoms with Crippen molar-refractivity contribution in [3.8, 4) is 0 Å². The number of hydrogen-bond acceptors (Lipinski definition) is 5. The van der Waals surface area contributed by atoms with Gasteiger partial charge in [-0.25, -0.2) is 4.98 Å². The number of carbonyl (C=O) groups excluding carboxylic acids is 1. The van der Waals surface area contributed by atoms with Gasteiger partial charge in [0.1, 0.15) is 5.00 Å². The third-order valence-corrected chi connectivity index (χ3v) is 4.24. The number of hydrogen-bond donors (Lipinski definition) is 1. The molecule has 106 valence electrons. The predicted octanol–water partition coefficient (Wildman–Crippen LogP) is 2.34. The zero-order valence-corrected chi connectivity index (χ0v) is 12.5. The first-order valence-electron chi connectivity index (χ1n) is 5.68. The third-order valence-electron chi connectivity index (χ3n) is 2.38. The Balaban J connectivity index is 2.43. The van der Waals surface area contributed by atoms with Crippen molar-refractivity contribution < 1.29 is 13.6 Å². The lowest BCUT2D eigenvalue weighted by molar-refractivity contribution is -0.114. The first kappa shape index (κ1) is 14.6. The lowest BCUT2D eigenvalue weighted by atomic mass is 10.3. The molecular weight excluding hydrogens is 298 g/mol. The van der Waals surface area contributed by atoms with E-state index in [1.54, 1.807) is 37.3 Å². The second kappa shape index (κ2) is 6.12. The molecular formula is C12H12N3O3S2-. The van der Waals surface area contributed by atoms with Gasteiger partial charge in [-0.3, -0.25) is 13.3 Å². The molecule has 0 aliphatic heterocycles. The number of amides is 1. The smallest absolute Gasteiger partial charge is 0.223 e. The zero-order chi connectivity index (χ0) is 14.7. The second-order valence-electron chi connectivity index (χ2n) is 3.94. The summed E-state index contributed by atoms with van der Waals surface area (Å²) < 4.78 is 24.2. The fourth-order valence-corrected chi connectivity index (χ4v) is 3.41. The summed E-state index contributed by atoms with van der Waals surface area (Å²) in [7, 11) is 0. The number of nitrogens with one attached hydrogen (secondary N) is 1. The van der Waals surface area contributed by atoms with Gasteiger partial charge < -0.3 is 9.87 Å². The average molecular weight is 310 g/mol. The Kier molecular flexibility index (Phi) is 4.48. The van der Waals surface area contributed by atoms with E-state index in [1.807, 2.05) is 0 Å². The molecule has 8 heteroatoms. The van der Waals surface area contributed by atoms with Gasteiger partial charge in [-0.05, 0) is 19.1 Å². The van der Waals surface area contributed by atoms with Crippen LogP contribution in [0.2, 0.25) is 0 Å². The summed E-state index contributed by atoms with van der Waals surface area (Å²) in [6.45, 7) is 3.07. The minimum absolute atomic E-state index is 0.250. The molecule has 0 saturated carbocycles. The molecule has 0 aliphatic rings. The monoisotopic (exact) mass is 310 g/mol. The summed E-state index contributed by atoms with van der Waals surface area (Å²) in [6, 6.07) is 8.68. The Morgan fingerprint density at radius 1 is 1.40 bits per heavy atom. The van der Waals surface area contributed by atoms with E-state index in [4.69, 9.17) is 0 Å². The number of para-hydroxylation sites is 1. The van der Waals surface area contributed by atoms with Gasteiger partial charge in [-0.2, -0.15) is 0 Å². The number of aryl methyl sites for hydroxylation is 1. The largest absolute Gasteiger partial charge is 0.755 e. The van der Waals surface area contributed by atoms with Crippen LogP contribution in [-0.2, 0) is 16.1 Å². The fraction of sp³-hybridized carbons (Fsp3) is 0.167. The number of aromatic nitrogens is 1. The summed E-state index contributed by atoms with van der Waals surface area (Å²) in [6.07, 6.45) is 0. The van der Waals surface area contributed by atoms with Crippen molar-refractivity contribution in [2.75, 3.05) is 9.62 Å². The Morgan fingerprint density at radius 3 is 2.60 bits per heavy atom. The Hall–Kier alpha value is -1.77. The average Bonchev–Trinajstić information content (AvgIpc) is 2.70. The van der Waals surface area contributed by atoms with Crippen LogP contribution in [0.3, 0.4) is 0 Å². The Bertz CT molecular complexity index is 643. The van der Waals surface area contributed by atoms with Crippen molar-refractivity contribution in [2.45, 2.75) is 13.8 Å². The molecule has 0 aliphatic carbocycles. The topological polar surface area (TPSA) is 85.4 Å². The van der Waals surface area contributed by atoms with Crippen LogP contribution in [0.15, 0.2) is 30.3 Å². The van der Waals surface area contributed by atoms with Gasteiger partial charge in [0.15, 0.2) is 5.13 Å². The van der Waals surface area contributed by atoms with Crippen molar-refractivity contribution in [3.63, 3.8) is 0 Å². The minimum atomic E-state index is -2.47. The summed E-state index contributed by atoms with van der Waals surface area (Å²) in [5.74, 6) is -0.250. The number of rotatable bonds is 4. The van der Waals surface area contributed by atoms with Crippen molar-refractivity contribution >= 4 is 44.3 Å². The van der Waals surface area contributed by atoms with Gasteiger partial charge in [0, 0.05) is 6.92 Å². The molecule has 1 unspecified atom stereocenters. The normalized spacial score (nSPS) is 11.9. The van der Waals surface area contributed by atoms with Crippen LogP contribution in [0, 0.1) is 6.92 Å². The standard InChI is InChI=1S/C12H13N3O3S2/c1-8-11(19-12(13-8)14-9(2)16)15(20(17)18)10-6-4-3-5-7-10/h3-7H,1-2H3,(H,17,18)(H,13,14,16)/p-1. The SMILES string of the molecule is CC(=O)Nc1nc(C)c(N(c2ccccc2)S(=O)[O-])s1. The molecule has 6 nitrogen and oxygen atoms in total. The van der Waals surface area contributed by atoms with Crippen molar-refractivity contribution in [1.29, 1.82) is 0 Å². The number of nitrogens with zero attached hydrogens (tertiary/aromatic N) is 2. The van der Waals surface area contributed by atoms with Gasteiger partial charge >= 0.3 is 0 Å². The number of thiazole rings is 1. The molecule has 0 fully saturated rings. The van der Waals surface area contributed by atoms with E-state index in [-0.39, 0.29) is 5.91 Å². The molecule has 0 saturated heterocycles. The lowest BCUT2D eigenvalue weighted by Gasteiger charge is -2.24. The third kappa shape index (κ3) is 3.21. The summed E-state index contributed by atoms with van der Waals surface area (Å²) in [5.41, 5.74) is 1.05. The Morgan fingerprint density at radius 2 is 2.05 bits per heavy atom. The minimum Gasteiger partial charge on any atom is -0.755 e. The molecule has 0 spiro atoms. The van der Waals surface area contributed by atoms with E-state index in [9.17, 15) is 13.6 Å². The predicted molar refractivity (Wildman–Crippen MR) is 78.7 cm³/mol. The van der Waals surface area contributed by atoms with Crippen LogP contribution in [0.4, 0.5) is 15.8 Å². The quantitative estimate of drug-likeness (QED) is 0.878. The van der Waals surface area contributed by atoms with E-state index in [2.05, 4.69) is 10.3 Å². The summed E-state index contributed by atoms with van der Waals surface area (Å²) >= 11 is -1.36. The molecule has 1 heterocycles. The van der Waals surface area contributed by atoms with Crippen molar-refractivity contribution in [2.24, 2.45) is 0 Å². The number of benzene rings is 1. The molecule has 1 aromatic heterocycles. The molecule has 2 rings (SSSR count). The molecule has 2 aromatic rings. The Labute approximate surface area is 122 Å². The van der Waals surface area contributed by atoms with E-state index in [1.165, 1.54) is 6.92 Å².